The smallest absolute Gasteiger partial charge is 0.230 e. The van der Waals surface area contributed by atoms with Crippen LogP contribution >= 0.6 is 0 Å². The average molecular weight is 284 g/mol. The number of nitrogen functional groups attached to an aromatic ring is 1. The Hall–Kier alpha value is -2.82. The predicted octanol–water partition coefficient (Wildman–Crippen LogP) is 3.74. The summed E-state index contributed by atoms with van der Waals surface area (Å²) in [7, 11) is 1.41. The summed E-state index contributed by atoms with van der Waals surface area (Å²) in [6.07, 6.45) is 0. The zero-order valence-electron chi connectivity index (χ0n) is 11.3. The maximum Gasteiger partial charge on any atom is 0.230 e. The molecule has 0 aliphatic rings. The zero-order chi connectivity index (χ0) is 14.8. The minimum atomic E-state index is -0.432. The van der Waals surface area contributed by atoms with E-state index in [1.165, 1.54) is 13.2 Å². The highest BCUT2D eigenvalue weighted by atomic mass is 19.1. The molecule has 3 rings (SSSR count). The van der Waals surface area contributed by atoms with Gasteiger partial charge in [-0.15, -0.1) is 0 Å². The Morgan fingerprint density at radius 1 is 1.10 bits per heavy atom. The van der Waals surface area contributed by atoms with Gasteiger partial charge in [0.05, 0.1) is 12.7 Å². The van der Waals surface area contributed by atoms with Gasteiger partial charge in [-0.3, -0.25) is 0 Å². The summed E-state index contributed by atoms with van der Waals surface area (Å²) < 4.78 is 23.6. The van der Waals surface area contributed by atoms with Crippen LogP contribution in [0.25, 0.3) is 22.4 Å². The molecule has 0 bridgehead atoms. The molecule has 1 heterocycles. The second-order valence-electron chi connectivity index (χ2n) is 4.49. The lowest BCUT2D eigenvalue weighted by atomic mass is 10.0. The summed E-state index contributed by atoms with van der Waals surface area (Å²) in [4.78, 5) is 0. The molecule has 0 saturated carbocycles. The van der Waals surface area contributed by atoms with Crippen molar-refractivity contribution < 1.29 is 13.7 Å². The predicted molar refractivity (Wildman–Crippen MR) is 78.3 cm³/mol. The maximum atomic E-state index is 13.5. The van der Waals surface area contributed by atoms with Gasteiger partial charge in [-0.1, -0.05) is 35.5 Å². The number of hydrogen-bond donors (Lipinski definition) is 1. The van der Waals surface area contributed by atoms with E-state index in [4.69, 9.17) is 15.0 Å². The Bertz CT molecular complexity index is 769. The van der Waals surface area contributed by atoms with Crippen molar-refractivity contribution in [2.75, 3.05) is 12.8 Å². The van der Waals surface area contributed by atoms with E-state index < -0.39 is 5.82 Å². The van der Waals surface area contributed by atoms with Crippen molar-refractivity contribution in [3.63, 3.8) is 0 Å². The van der Waals surface area contributed by atoms with Crippen LogP contribution in [0.2, 0.25) is 0 Å². The van der Waals surface area contributed by atoms with Gasteiger partial charge < -0.3 is 15.0 Å². The first-order chi connectivity index (χ1) is 10.2. The molecule has 3 aromatic rings. The normalized spacial score (nSPS) is 10.6. The standard InChI is InChI=1S/C16H13FN2O2/c1-20-13-9-11(7-8-12(13)17)15-14(16(18)21-19-15)10-5-3-2-4-6-10/h2-9H,18H2,1H3. The van der Waals surface area contributed by atoms with E-state index in [9.17, 15) is 4.39 Å². The third-order valence-electron chi connectivity index (χ3n) is 3.21. The monoisotopic (exact) mass is 284 g/mol. The third-order valence-corrected chi connectivity index (χ3v) is 3.21. The highest BCUT2D eigenvalue weighted by Gasteiger charge is 2.18. The minimum Gasteiger partial charge on any atom is -0.494 e. The lowest BCUT2D eigenvalue weighted by molar-refractivity contribution is 0.386. The molecule has 21 heavy (non-hydrogen) atoms. The van der Waals surface area contributed by atoms with E-state index >= 15 is 0 Å². The molecule has 0 radical (unpaired) electrons. The van der Waals surface area contributed by atoms with Crippen LogP contribution in [0.4, 0.5) is 10.3 Å². The van der Waals surface area contributed by atoms with E-state index in [1.807, 2.05) is 30.3 Å². The zero-order valence-corrected chi connectivity index (χ0v) is 11.3. The first-order valence-electron chi connectivity index (χ1n) is 6.35. The van der Waals surface area contributed by atoms with Gasteiger partial charge in [0, 0.05) is 5.56 Å². The molecule has 0 fully saturated rings. The van der Waals surface area contributed by atoms with Gasteiger partial charge in [-0.05, 0) is 23.8 Å². The molecule has 0 aliphatic carbocycles. The Morgan fingerprint density at radius 2 is 1.86 bits per heavy atom. The second-order valence-corrected chi connectivity index (χ2v) is 4.49. The van der Waals surface area contributed by atoms with Crippen molar-refractivity contribution in [1.82, 2.24) is 5.16 Å². The first-order valence-corrected chi connectivity index (χ1v) is 6.35. The summed E-state index contributed by atoms with van der Waals surface area (Å²) in [5.74, 6) is -0.0634. The fraction of sp³-hybridized carbons (Fsp3) is 0.0625. The highest BCUT2D eigenvalue weighted by molar-refractivity contribution is 5.87. The number of rotatable bonds is 3. The molecule has 5 heteroatoms. The van der Waals surface area contributed by atoms with Gasteiger partial charge >= 0.3 is 0 Å². The summed E-state index contributed by atoms with van der Waals surface area (Å²) in [6, 6.07) is 14.0. The molecule has 0 atom stereocenters. The van der Waals surface area contributed by atoms with Gasteiger partial charge in [-0.25, -0.2) is 4.39 Å². The number of ether oxygens (including phenoxy) is 1. The van der Waals surface area contributed by atoms with Gasteiger partial charge in [0.1, 0.15) is 5.69 Å². The van der Waals surface area contributed by atoms with Crippen molar-refractivity contribution >= 4 is 5.88 Å². The molecule has 0 saturated heterocycles. The average Bonchev–Trinajstić information content (AvgIpc) is 2.90. The van der Waals surface area contributed by atoms with Gasteiger partial charge in [0.25, 0.3) is 0 Å². The number of aromatic nitrogens is 1. The molecule has 0 aliphatic heterocycles. The summed E-state index contributed by atoms with van der Waals surface area (Å²) in [5, 5.41) is 3.99. The Morgan fingerprint density at radius 3 is 2.57 bits per heavy atom. The molecule has 0 spiro atoms. The molecule has 4 nitrogen and oxygen atoms in total. The number of nitrogens with zero attached hydrogens (tertiary/aromatic N) is 1. The van der Waals surface area contributed by atoms with Crippen LogP contribution in [0, 0.1) is 5.82 Å². The van der Waals surface area contributed by atoms with Crippen molar-refractivity contribution in [3.05, 3.63) is 54.3 Å². The minimum absolute atomic E-state index is 0.146. The number of hydrogen-bond acceptors (Lipinski definition) is 4. The molecular weight excluding hydrogens is 271 g/mol. The van der Waals surface area contributed by atoms with Crippen LogP contribution in [0.5, 0.6) is 5.75 Å². The Labute approximate surface area is 120 Å². The fourth-order valence-corrected chi connectivity index (χ4v) is 2.19. The Kier molecular flexibility index (Phi) is 3.31. The maximum absolute atomic E-state index is 13.5. The Balaban J connectivity index is 2.17. The number of benzene rings is 2. The number of anilines is 1. The molecule has 1 aromatic heterocycles. The molecular formula is C16H13FN2O2. The van der Waals surface area contributed by atoms with Crippen molar-refractivity contribution in [3.8, 4) is 28.1 Å². The van der Waals surface area contributed by atoms with Crippen LogP contribution in [-0.2, 0) is 0 Å². The molecule has 0 unspecified atom stereocenters. The van der Waals surface area contributed by atoms with Gasteiger partial charge in [0.15, 0.2) is 11.6 Å². The molecule has 0 amide bonds. The van der Waals surface area contributed by atoms with Crippen LogP contribution in [0.3, 0.4) is 0 Å². The quantitative estimate of drug-likeness (QED) is 0.796. The third kappa shape index (κ3) is 2.33. The molecule has 2 aromatic carbocycles. The number of halogens is 1. The van der Waals surface area contributed by atoms with Crippen LogP contribution < -0.4 is 10.5 Å². The van der Waals surface area contributed by atoms with E-state index in [1.54, 1.807) is 12.1 Å². The topological polar surface area (TPSA) is 61.3 Å². The summed E-state index contributed by atoms with van der Waals surface area (Å²) >= 11 is 0. The van der Waals surface area contributed by atoms with E-state index in [-0.39, 0.29) is 11.6 Å². The highest BCUT2D eigenvalue weighted by Crippen LogP contribution is 2.37. The van der Waals surface area contributed by atoms with Crippen LogP contribution in [-0.4, -0.2) is 12.3 Å². The molecule has 2 N–H and O–H groups in total. The van der Waals surface area contributed by atoms with Crippen molar-refractivity contribution in [2.24, 2.45) is 0 Å². The van der Waals surface area contributed by atoms with Crippen LogP contribution in [0.15, 0.2) is 53.1 Å². The lowest BCUT2D eigenvalue weighted by Gasteiger charge is -2.06. The van der Waals surface area contributed by atoms with Crippen LogP contribution in [0.1, 0.15) is 0 Å². The lowest BCUT2D eigenvalue weighted by Crippen LogP contribution is -1.91. The van der Waals surface area contributed by atoms with Gasteiger partial charge in [0.2, 0.25) is 5.88 Å². The fourth-order valence-electron chi connectivity index (χ4n) is 2.19. The SMILES string of the molecule is COc1cc(-c2noc(N)c2-c2ccccc2)ccc1F. The largest absolute Gasteiger partial charge is 0.494 e. The summed E-state index contributed by atoms with van der Waals surface area (Å²) in [5.41, 5.74) is 8.67. The summed E-state index contributed by atoms with van der Waals surface area (Å²) in [6.45, 7) is 0. The van der Waals surface area contributed by atoms with E-state index in [2.05, 4.69) is 5.16 Å². The van der Waals surface area contributed by atoms with Gasteiger partial charge in [-0.2, -0.15) is 0 Å². The number of nitrogens with two attached hydrogens (primary N) is 1. The second kappa shape index (κ2) is 5.28. The number of methoxy groups -OCH3 is 1. The van der Waals surface area contributed by atoms with E-state index in [0.717, 1.165) is 5.56 Å². The van der Waals surface area contributed by atoms with Crippen molar-refractivity contribution in [1.29, 1.82) is 0 Å². The first kappa shape index (κ1) is 13.2. The van der Waals surface area contributed by atoms with Crippen molar-refractivity contribution in [2.45, 2.75) is 0 Å². The van der Waals surface area contributed by atoms with E-state index in [0.29, 0.717) is 16.8 Å². The molecule has 106 valence electrons.